The molecular formula is C22H21N5O2S. The molecule has 0 amide bonds. The average Bonchev–Trinajstić information content (AvgIpc) is 3.14. The number of nitrogen functional groups attached to an aromatic ring is 1. The molecule has 0 radical (unpaired) electrons. The van der Waals surface area contributed by atoms with Crippen LogP contribution in [-0.2, 0) is 29.5 Å². The molecule has 3 heterocycles. The molecular weight excluding hydrogens is 398 g/mol. The van der Waals surface area contributed by atoms with Crippen LogP contribution in [-0.4, -0.2) is 33.8 Å². The lowest BCUT2D eigenvalue weighted by molar-refractivity contribution is 0.244. The van der Waals surface area contributed by atoms with Crippen LogP contribution in [0.3, 0.4) is 0 Å². The molecule has 0 fully saturated rings. The lowest BCUT2D eigenvalue weighted by atomic mass is 10.1. The van der Waals surface area contributed by atoms with Crippen LogP contribution in [0.4, 0.5) is 5.95 Å². The molecule has 7 nitrogen and oxygen atoms in total. The third-order valence-corrected chi connectivity index (χ3v) is 7.17. The van der Waals surface area contributed by atoms with Crippen LogP contribution < -0.4 is 5.73 Å². The Bertz CT molecular complexity index is 1330. The summed E-state index contributed by atoms with van der Waals surface area (Å²) in [6.07, 6.45) is 4.33. The van der Waals surface area contributed by atoms with Gasteiger partial charge in [-0.15, -0.1) is 0 Å². The number of fused-ring (bicyclic) bond motifs is 2. The molecule has 4 aromatic rings. The molecule has 2 N–H and O–H groups in total. The van der Waals surface area contributed by atoms with Crippen molar-refractivity contribution >= 4 is 26.9 Å². The lowest BCUT2D eigenvalue weighted by Gasteiger charge is -2.27. The molecule has 0 bridgehead atoms. The zero-order valence-corrected chi connectivity index (χ0v) is 17.1. The number of benzene rings is 2. The highest BCUT2D eigenvalue weighted by Gasteiger charge is 2.23. The Balaban J connectivity index is 1.51. The van der Waals surface area contributed by atoms with Gasteiger partial charge in [0, 0.05) is 49.4 Å². The summed E-state index contributed by atoms with van der Waals surface area (Å²) in [5.41, 5.74) is 9.42. The molecule has 1 aliphatic rings. The molecule has 2 aromatic carbocycles. The number of nitrogens with zero attached hydrogens (tertiary/aromatic N) is 4. The number of hydrogen-bond acceptors (Lipinski definition) is 6. The van der Waals surface area contributed by atoms with Gasteiger partial charge in [0.2, 0.25) is 5.95 Å². The molecule has 1 aliphatic heterocycles. The Kier molecular flexibility index (Phi) is 4.52. The van der Waals surface area contributed by atoms with Crippen molar-refractivity contribution in [1.29, 1.82) is 0 Å². The van der Waals surface area contributed by atoms with Crippen LogP contribution in [0.15, 0.2) is 71.9 Å². The summed E-state index contributed by atoms with van der Waals surface area (Å²) in [6, 6.07) is 16.1. The molecule has 0 unspecified atom stereocenters. The van der Waals surface area contributed by atoms with Gasteiger partial charge < -0.3 is 5.73 Å². The molecule has 0 aliphatic carbocycles. The maximum atomic E-state index is 13.3. The van der Waals surface area contributed by atoms with E-state index in [4.69, 9.17) is 5.73 Å². The smallest absolute Gasteiger partial charge is 0.268 e. The van der Waals surface area contributed by atoms with Crippen molar-refractivity contribution in [2.75, 3.05) is 12.3 Å². The van der Waals surface area contributed by atoms with E-state index in [0.717, 1.165) is 35.2 Å². The topological polar surface area (TPSA) is 94.1 Å². The van der Waals surface area contributed by atoms with Gasteiger partial charge in [0.15, 0.2) is 0 Å². The maximum Gasteiger partial charge on any atom is 0.268 e. The summed E-state index contributed by atoms with van der Waals surface area (Å²) in [7, 11) is -3.67. The fraction of sp³-hybridized carbons (Fsp3) is 0.182. The van der Waals surface area contributed by atoms with E-state index in [9.17, 15) is 8.42 Å². The van der Waals surface area contributed by atoms with Crippen LogP contribution in [0.1, 0.15) is 16.8 Å². The zero-order chi connectivity index (χ0) is 20.7. The average molecular weight is 420 g/mol. The lowest BCUT2D eigenvalue weighted by Crippen LogP contribution is -2.31. The predicted octanol–water partition coefficient (Wildman–Crippen LogP) is 2.81. The van der Waals surface area contributed by atoms with E-state index in [0.29, 0.717) is 24.6 Å². The summed E-state index contributed by atoms with van der Waals surface area (Å²) in [5.74, 6) is 0.302. The minimum absolute atomic E-state index is 0.277. The molecule has 0 saturated heterocycles. The minimum Gasteiger partial charge on any atom is -0.368 e. The molecule has 5 rings (SSSR count). The van der Waals surface area contributed by atoms with Crippen LogP contribution >= 0.6 is 0 Å². The Morgan fingerprint density at radius 3 is 2.63 bits per heavy atom. The minimum atomic E-state index is -3.67. The first-order valence-corrected chi connectivity index (χ1v) is 11.2. The van der Waals surface area contributed by atoms with Gasteiger partial charge in [-0.25, -0.2) is 22.4 Å². The van der Waals surface area contributed by atoms with E-state index in [1.165, 1.54) is 3.97 Å². The van der Waals surface area contributed by atoms with E-state index in [1.807, 2.05) is 30.3 Å². The number of rotatable bonds is 4. The van der Waals surface area contributed by atoms with E-state index in [2.05, 4.69) is 14.9 Å². The molecule has 0 atom stereocenters. The highest BCUT2D eigenvalue weighted by molar-refractivity contribution is 7.90. The van der Waals surface area contributed by atoms with Gasteiger partial charge in [-0.3, -0.25) is 4.90 Å². The van der Waals surface area contributed by atoms with Gasteiger partial charge in [-0.2, -0.15) is 0 Å². The Morgan fingerprint density at radius 2 is 1.80 bits per heavy atom. The SMILES string of the molecule is Nc1ncc2c(n1)CCN(Cc1cn(S(=O)(=O)c3ccccc3)c3ccccc13)C2. The zero-order valence-electron chi connectivity index (χ0n) is 16.3. The molecule has 0 saturated carbocycles. The second kappa shape index (κ2) is 7.23. The number of hydrogen-bond donors (Lipinski definition) is 1. The van der Waals surface area contributed by atoms with Crippen molar-refractivity contribution in [2.24, 2.45) is 0 Å². The Labute approximate surface area is 174 Å². The van der Waals surface area contributed by atoms with E-state index < -0.39 is 10.0 Å². The predicted molar refractivity (Wildman–Crippen MR) is 115 cm³/mol. The van der Waals surface area contributed by atoms with Crippen LogP contribution in [0, 0.1) is 0 Å². The largest absolute Gasteiger partial charge is 0.368 e. The fourth-order valence-electron chi connectivity index (χ4n) is 4.01. The van der Waals surface area contributed by atoms with Crippen molar-refractivity contribution in [3.05, 3.63) is 83.8 Å². The number of anilines is 1. The van der Waals surface area contributed by atoms with Gasteiger partial charge in [0.1, 0.15) is 0 Å². The molecule has 2 aromatic heterocycles. The first-order chi connectivity index (χ1) is 14.5. The first kappa shape index (κ1) is 18.8. The summed E-state index contributed by atoms with van der Waals surface area (Å²) in [6.45, 7) is 2.18. The molecule has 0 spiro atoms. The molecule has 8 heteroatoms. The monoisotopic (exact) mass is 419 g/mol. The van der Waals surface area contributed by atoms with Crippen molar-refractivity contribution in [3.63, 3.8) is 0 Å². The van der Waals surface area contributed by atoms with Crippen molar-refractivity contribution in [2.45, 2.75) is 24.4 Å². The van der Waals surface area contributed by atoms with E-state index >= 15 is 0 Å². The second-order valence-electron chi connectivity index (χ2n) is 7.45. The van der Waals surface area contributed by atoms with Gasteiger partial charge in [0.05, 0.1) is 16.1 Å². The fourth-order valence-corrected chi connectivity index (χ4v) is 5.43. The molecule has 152 valence electrons. The Hall–Kier alpha value is -3.23. The highest BCUT2D eigenvalue weighted by Crippen LogP contribution is 2.28. The van der Waals surface area contributed by atoms with Gasteiger partial charge in [-0.1, -0.05) is 36.4 Å². The van der Waals surface area contributed by atoms with Crippen LogP contribution in [0.2, 0.25) is 0 Å². The normalized spacial score (nSPS) is 14.7. The van der Waals surface area contributed by atoms with Crippen molar-refractivity contribution < 1.29 is 8.42 Å². The quantitative estimate of drug-likeness (QED) is 0.547. The third-order valence-electron chi connectivity index (χ3n) is 5.49. The van der Waals surface area contributed by atoms with Gasteiger partial charge in [0.25, 0.3) is 10.0 Å². The summed E-state index contributed by atoms with van der Waals surface area (Å²) >= 11 is 0. The van der Waals surface area contributed by atoms with Crippen molar-refractivity contribution in [3.8, 4) is 0 Å². The number of aromatic nitrogens is 3. The van der Waals surface area contributed by atoms with Gasteiger partial charge in [-0.05, 0) is 23.8 Å². The van der Waals surface area contributed by atoms with Crippen LogP contribution in [0.5, 0.6) is 0 Å². The standard InChI is InChI=1S/C22H21N5O2S/c23-22-24-12-16-13-26(11-10-20(16)25-22)14-17-15-27(21-9-5-4-8-19(17)21)30(28,29)18-6-2-1-3-7-18/h1-9,12,15H,10-11,13-14H2,(H2,23,24,25). The first-order valence-electron chi connectivity index (χ1n) is 9.74. The van der Waals surface area contributed by atoms with E-state index in [1.54, 1.807) is 36.7 Å². The summed E-state index contributed by atoms with van der Waals surface area (Å²) < 4.78 is 27.9. The number of nitrogens with two attached hydrogens (primary N) is 1. The maximum absolute atomic E-state index is 13.3. The third kappa shape index (κ3) is 3.24. The Morgan fingerprint density at radius 1 is 1.03 bits per heavy atom. The summed E-state index contributed by atoms with van der Waals surface area (Å²) in [5, 5.41) is 0.941. The second-order valence-corrected chi connectivity index (χ2v) is 9.26. The van der Waals surface area contributed by atoms with E-state index in [-0.39, 0.29) is 4.90 Å². The van der Waals surface area contributed by atoms with Crippen molar-refractivity contribution in [1.82, 2.24) is 18.8 Å². The number of para-hydroxylation sites is 1. The summed E-state index contributed by atoms with van der Waals surface area (Å²) in [4.78, 5) is 11.0. The van der Waals surface area contributed by atoms with Crippen LogP contribution in [0.25, 0.3) is 10.9 Å². The van der Waals surface area contributed by atoms with Gasteiger partial charge >= 0.3 is 0 Å². The molecule has 30 heavy (non-hydrogen) atoms. The highest BCUT2D eigenvalue weighted by atomic mass is 32.2.